The van der Waals surface area contributed by atoms with Crippen molar-refractivity contribution in [1.29, 1.82) is 0 Å². The summed E-state index contributed by atoms with van der Waals surface area (Å²) in [6.45, 7) is 0.945. The van der Waals surface area contributed by atoms with Crippen LogP contribution in [0.4, 0.5) is 0 Å². The maximum Gasteiger partial charge on any atom is 0.118 e. The van der Waals surface area contributed by atoms with Crippen LogP contribution in [0.25, 0.3) is 0 Å². The summed E-state index contributed by atoms with van der Waals surface area (Å²) in [4.78, 5) is 0. The fourth-order valence-corrected chi connectivity index (χ4v) is 3.49. The summed E-state index contributed by atoms with van der Waals surface area (Å²) in [6, 6.07) is 8.45. The fraction of sp³-hybridized carbons (Fsp3) is 0.647. The zero-order chi connectivity index (χ0) is 14.4. The topological polar surface area (TPSA) is 30.5 Å². The van der Waals surface area contributed by atoms with Crippen molar-refractivity contribution in [3.05, 3.63) is 29.8 Å². The van der Waals surface area contributed by atoms with Crippen molar-refractivity contribution in [2.24, 2.45) is 0 Å². The summed E-state index contributed by atoms with van der Waals surface area (Å²) in [5.74, 6) is 1.30. The Hall–Kier alpha value is -1.06. The van der Waals surface area contributed by atoms with Gasteiger partial charge >= 0.3 is 0 Å². The molecule has 3 nitrogen and oxygen atoms in total. The first-order valence-corrected chi connectivity index (χ1v) is 7.59. The van der Waals surface area contributed by atoms with Crippen LogP contribution in [-0.4, -0.2) is 33.4 Å². The van der Waals surface area contributed by atoms with E-state index in [2.05, 4.69) is 17.4 Å². The van der Waals surface area contributed by atoms with E-state index in [1.807, 2.05) is 26.3 Å². The summed E-state index contributed by atoms with van der Waals surface area (Å²) in [5, 5.41) is 3.34. The molecule has 1 N–H and O–H groups in total. The van der Waals surface area contributed by atoms with Crippen LogP contribution in [-0.2, 0) is 4.74 Å². The van der Waals surface area contributed by atoms with Crippen LogP contribution in [0.15, 0.2) is 24.3 Å². The quantitative estimate of drug-likeness (QED) is 0.865. The molecule has 1 saturated carbocycles. The van der Waals surface area contributed by atoms with Gasteiger partial charge in [0.2, 0.25) is 0 Å². The van der Waals surface area contributed by atoms with Gasteiger partial charge in [-0.05, 0) is 37.6 Å². The Kier molecular flexibility index (Phi) is 5.44. The molecule has 3 heteroatoms. The van der Waals surface area contributed by atoms with Crippen LogP contribution in [0.5, 0.6) is 5.75 Å². The van der Waals surface area contributed by atoms with E-state index in [-0.39, 0.29) is 5.60 Å². The van der Waals surface area contributed by atoms with E-state index < -0.39 is 0 Å². The maximum absolute atomic E-state index is 6.03. The van der Waals surface area contributed by atoms with Gasteiger partial charge in [0.05, 0.1) is 12.7 Å². The molecule has 1 aromatic carbocycles. The number of rotatable bonds is 6. The van der Waals surface area contributed by atoms with Crippen LogP contribution in [0.2, 0.25) is 0 Å². The van der Waals surface area contributed by atoms with E-state index in [0.29, 0.717) is 5.92 Å². The van der Waals surface area contributed by atoms with E-state index in [4.69, 9.17) is 9.47 Å². The number of nitrogens with one attached hydrogen (secondary N) is 1. The van der Waals surface area contributed by atoms with Crippen LogP contribution in [0, 0.1) is 0 Å². The van der Waals surface area contributed by atoms with Crippen LogP contribution >= 0.6 is 0 Å². The molecule has 0 amide bonds. The monoisotopic (exact) mass is 277 g/mol. The Morgan fingerprint density at radius 1 is 1.10 bits per heavy atom. The number of methoxy groups -OCH3 is 2. The summed E-state index contributed by atoms with van der Waals surface area (Å²) >= 11 is 0. The number of hydrogen-bond acceptors (Lipinski definition) is 3. The molecule has 0 saturated heterocycles. The lowest BCUT2D eigenvalue weighted by molar-refractivity contribution is -0.0600. The van der Waals surface area contributed by atoms with Gasteiger partial charge in [-0.15, -0.1) is 0 Å². The second-order valence-electron chi connectivity index (χ2n) is 5.71. The largest absolute Gasteiger partial charge is 0.497 e. The highest BCUT2D eigenvalue weighted by Gasteiger charge is 2.40. The smallest absolute Gasteiger partial charge is 0.118 e. The third-order valence-corrected chi connectivity index (χ3v) is 4.67. The SMILES string of the molecule is CNCC(c1ccc(OC)cc1)C1(OC)CCCCC1. The highest BCUT2D eigenvalue weighted by molar-refractivity contribution is 5.31. The van der Waals surface area contributed by atoms with Crippen molar-refractivity contribution in [2.45, 2.75) is 43.6 Å². The van der Waals surface area contributed by atoms with Gasteiger partial charge in [0.25, 0.3) is 0 Å². The zero-order valence-corrected chi connectivity index (χ0v) is 12.9. The molecule has 1 fully saturated rings. The van der Waals surface area contributed by atoms with E-state index in [1.54, 1.807) is 7.11 Å². The summed E-state index contributed by atoms with van der Waals surface area (Å²) in [7, 11) is 5.60. The molecule has 1 aromatic rings. The Balaban J connectivity index is 2.27. The molecule has 0 bridgehead atoms. The van der Waals surface area contributed by atoms with Crippen molar-refractivity contribution >= 4 is 0 Å². The Bertz CT molecular complexity index is 396. The third-order valence-electron chi connectivity index (χ3n) is 4.67. The van der Waals surface area contributed by atoms with Gasteiger partial charge in [0.1, 0.15) is 5.75 Å². The number of likely N-dealkylation sites (N-methyl/N-ethyl adjacent to an activating group) is 1. The second-order valence-corrected chi connectivity index (χ2v) is 5.71. The molecule has 1 aliphatic carbocycles. The Morgan fingerprint density at radius 3 is 2.25 bits per heavy atom. The van der Waals surface area contributed by atoms with Crippen molar-refractivity contribution in [3.8, 4) is 5.75 Å². The number of ether oxygens (including phenoxy) is 2. The van der Waals surface area contributed by atoms with E-state index >= 15 is 0 Å². The van der Waals surface area contributed by atoms with Gasteiger partial charge in [0.15, 0.2) is 0 Å². The minimum atomic E-state index is -0.0180. The van der Waals surface area contributed by atoms with Gasteiger partial charge in [-0.2, -0.15) is 0 Å². The van der Waals surface area contributed by atoms with Gasteiger partial charge in [-0.3, -0.25) is 0 Å². The zero-order valence-electron chi connectivity index (χ0n) is 12.9. The Labute approximate surface area is 122 Å². The summed E-state index contributed by atoms with van der Waals surface area (Å²) < 4.78 is 11.3. The minimum Gasteiger partial charge on any atom is -0.497 e. The molecular weight excluding hydrogens is 250 g/mol. The van der Waals surface area contributed by atoms with Gasteiger partial charge in [-0.1, -0.05) is 31.4 Å². The van der Waals surface area contributed by atoms with Gasteiger partial charge in [-0.25, -0.2) is 0 Å². The molecule has 1 unspecified atom stereocenters. The molecule has 0 aliphatic heterocycles. The first-order valence-electron chi connectivity index (χ1n) is 7.59. The van der Waals surface area contributed by atoms with Crippen molar-refractivity contribution in [1.82, 2.24) is 5.32 Å². The molecule has 0 spiro atoms. The highest BCUT2D eigenvalue weighted by atomic mass is 16.5. The van der Waals surface area contributed by atoms with E-state index in [1.165, 1.54) is 24.8 Å². The number of hydrogen-bond donors (Lipinski definition) is 1. The predicted molar refractivity (Wildman–Crippen MR) is 82.5 cm³/mol. The Morgan fingerprint density at radius 2 is 1.75 bits per heavy atom. The van der Waals surface area contributed by atoms with Crippen molar-refractivity contribution < 1.29 is 9.47 Å². The molecule has 0 radical (unpaired) electrons. The molecule has 112 valence electrons. The summed E-state index contributed by atoms with van der Waals surface area (Å²) in [6.07, 6.45) is 6.18. The summed E-state index contributed by atoms with van der Waals surface area (Å²) in [5.41, 5.74) is 1.32. The molecule has 0 aromatic heterocycles. The second kappa shape index (κ2) is 7.09. The van der Waals surface area contributed by atoms with E-state index in [9.17, 15) is 0 Å². The average molecular weight is 277 g/mol. The lowest BCUT2D eigenvalue weighted by Gasteiger charge is -2.43. The standard InChI is InChI=1S/C17H27NO2/c1-18-13-16(14-7-9-15(19-2)10-8-14)17(20-3)11-5-4-6-12-17/h7-10,16,18H,4-6,11-13H2,1-3H3. The highest BCUT2D eigenvalue weighted by Crippen LogP contribution is 2.42. The predicted octanol–water partition coefficient (Wildman–Crippen LogP) is 3.35. The van der Waals surface area contributed by atoms with Crippen LogP contribution in [0.1, 0.15) is 43.6 Å². The molecule has 1 atom stereocenters. The number of benzene rings is 1. The lowest BCUT2D eigenvalue weighted by Crippen LogP contribution is -2.44. The maximum atomic E-state index is 6.03. The van der Waals surface area contributed by atoms with Gasteiger partial charge < -0.3 is 14.8 Å². The van der Waals surface area contributed by atoms with Crippen LogP contribution in [0.3, 0.4) is 0 Å². The minimum absolute atomic E-state index is 0.0180. The normalized spacial score (nSPS) is 19.6. The first-order chi connectivity index (χ1) is 9.75. The lowest BCUT2D eigenvalue weighted by atomic mass is 9.72. The van der Waals surface area contributed by atoms with Crippen molar-refractivity contribution in [3.63, 3.8) is 0 Å². The molecular formula is C17H27NO2. The average Bonchev–Trinajstić information content (AvgIpc) is 2.53. The fourth-order valence-electron chi connectivity index (χ4n) is 3.49. The molecule has 20 heavy (non-hydrogen) atoms. The van der Waals surface area contributed by atoms with Crippen molar-refractivity contribution in [2.75, 3.05) is 27.8 Å². The first kappa shape index (κ1) is 15.3. The molecule has 1 aliphatic rings. The van der Waals surface area contributed by atoms with E-state index in [0.717, 1.165) is 25.1 Å². The third kappa shape index (κ3) is 3.15. The molecule has 2 rings (SSSR count). The van der Waals surface area contributed by atoms with Gasteiger partial charge in [0, 0.05) is 19.6 Å². The molecule has 0 heterocycles. The van der Waals surface area contributed by atoms with Crippen LogP contribution < -0.4 is 10.1 Å².